The van der Waals surface area contributed by atoms with E-state index in [1.807, 2.05) is 0 Å². The van der Waals surface area contributed by atoms with Gasteiger partial charge in [-0.2, -0.15) is 0 Å². The van der Waals surface area contributed by atoms with Crippen molar-refractivity contribution in [1.29, 1.82) is 0 Å². The molecule has 1 aliphatic rings. The molecule has 1 amide bonds. The second-order valence-electron chi connectivity index (χ2n) is 4.45. The van der Waals surface area contributed by atoms with Gasteiger partial charge in [-0.15, -0.1) is 0 Å². The predicted molar refractivity (Wildman–Crippen MR) is 68.4 cm³/mol. The standard InChI is InChI=1S/C14H13FN2O2/c15-10-2-1-9-5-6-17(12(9)7-10)14(18)13-4-3-11(8-16)19-13/h1-4,7H,5-6,8,16H2. The normalized spacial score (nSPS) is 13.7. The number of fused-ring (bicyclic) bond motifs is 1. The molecule has 1 aliphatic heterocycles. The molecule has 0 aliphatic carbocycles. The number of carbonyl (C=O) groups is 1. The lowest BCUT2D eigenvalue weighted by molar-refractivity contribution is 0.0961. The molecule has 0 atom stereocenters. The Kier molecular flexibility index (Phi) is 2.83. The zero-order valence-electron chi connectivity index (χ0n) is 10.2. The maximum absolute atomic E-state index is 13.3. The molecule has 1 aromatic heterocycles. The molecule has 0 saturated carbocycles. The van der Waals surface area contributed by atoms with Crippen molar-refractivity contribution in [3.05, 3.63) is 53.2 Å². The van der Waals surface area contributed by atoms with Crippen LogP contribution in [0.5, 0.6) is 0 Å². The summed E-state index contributed by atoms with van der Waals surface area (Å²) in [6.07, 6.45) is 0.728. The third-order valence-corrected chi connectivity index (χ3v) is 3.26. The lowest BCUT2D eigenvalue weighted by Crippen LogP contribution is -2.28. The van der Waals surface area contributed by atoms with Gasteiger partial charge in [0.1, 0.15) is 11.6 Å². The highest BCUT2D eigenvalue weighted by atomic mass is 19.1. The summed E-state index contributed by atoms with van der Waals surface area (Å²) in [7, 11) is 0. The molecule has 0 fully saturated rings. The summed E-state index contributed by atoms with van der Waals surface area (Å²) < 4.78 is 18.6. The van der Waals surface area contributed by atoms with Crippen molar-refractivity contribution < 1.29 is 13.6 Å². The molecule has 2 aromatic rings. The van der Waals surface area contributed by atoms with Crippen molar-refractivity contribution >= 4 is 11.6 Å². The van der Waals surface area contributed by atoms with Crippen LogP contribution in [0.25, 0.3) is 0 Å². The van der Waals surface area contributed by atoms with Crippen LogP contribution in [0.1, 0.15) is 21.9 Å². The summed E-state index contributed by atoms with van der Waals surface area (Å²) in [6.45, 7) is 0.786. The van der Waals surface area contributed by atoms with Crippen LogP contribution in [-0.2, 0) is 13.0 Å². The SMILES string of the molecule is NCc1ccc(C(=O)N2CCc3ccc(F)cc32)o1. The van der Waals surface area contributed by atoms with E-state index in [9.17, 15) is 9.18 Å². The number of rotatable bonds is 2. The van der Waals surface area contributed by atoms with Gasteiger partial charge in [-0.3, -0.25) is 4.79 Å². The summed E-state index contributed by atoms with van der Waals surface area (Å²) in [5, 5.41) is 0. The fourth-order valence-corrected chi connectivity index (χ4v) is 2.30. The summed E-state index contributed by atoms with van der Waals surface area (Å²) in [4.78, 5) is 13.9. The number of anilines is 1. The summed E-state index contributed by atoms with van der Waals surface area (Å²) in [5.41, 5.74) is 7.04. The van der Waals surface area contributed by atoms with Crippen LogP contribution in [0.2, 0.25) is 0 Å². The summed E-state index contributed by atoms with van der Waals surface area (Å²) in [6, 6.07) is 7.78. The highest BCUT2D eigenvalue weighted by molar-refractivity contribution is 6.05. The van der Waals surface area contributed by atoms with Gasteiger partial charge in [0.25, 0.3) is 5.91 Å². The van der Waals surface area contributed by atoms with Crippen LogP contribution >= 0.6 is 0 Å². The van der Waals surface area contributed by atoms with Gasteiger partial charge in [-0.1, -0.05) is 6.07 Å². The van der Waals surface area contributed by atoms with Gasteiger partial charge in [-0.25, -0.2) is 4.39 Å². The third kappa shape index (κ3) is 2.02. The van der Waals surface area contributed by atoms with Crippen molar-refractivity contribution in [2.24, 2.45) is 5.73 Å². The third-order valence-electron chi connectivity index (χ3n) is 3.26. The van der Waals surface area contributed by atoms with Crippen molar-refractivity contribution in [1.82, 2.24) is 0 Å². The van der Waals surface area contributed by atoms with Gasteiger partial charge in [0.15, 0.2) is 5.76 Å². The predicted octanol–water partition coefficient (Wildman–Crippen LogP) is 2.08. The summed E-state index contributed by atoms with van der Waals surface area (Å²) in [5.74, 6) is 0.184. The molecule has 0 saturated heterocycles. The largest absolute Gasteiger partial charge is 0.455 e. The van der Waals surface area contributed by atoms with E-state index in [0.717, 1.165) is 12.0 Å². The average molecular weight is 260 g/mol. The Morgan fingerprint density at radius 2 is 2.21 bits per heavy atom. The van der Waals surface area contributed by atoms with E-state index in [2.05, 4.69) is 0 Å². The number of benzene rings is 1. The minimum Gasteiger partial charge on any atom is -0.455 e. The number of halogens is 1. The smallest absolute Gasteiger partial charge is 0.293 e. The number of amides is 1. The minimum atomic E-state index is -0.347. The second-order valence-corrected chi connectivity index (χ2v) is 4.45. The molecule has 98 valence electrons. The molecule has 4 nitrogen and oxygen atoms in total. The zero-order valence-corrected chi connectivity index (χ0v) is 10.2. The van der Waals surface area contributed by atoms with E-state index < -0.39 is 0 Å². The van der Waals surface area contributed by atoms with Crippen molar-refractivity contribution in [3.8, 4) is 0 Å². The maximum Gasteiger partial charge on any atom is 0.293 e. The van der Waals surface area contributed by atoms with Crippen LogP contribution in [0.15, 0.2) is 34.7 Å². The number of carbonyl (C=O) groups excluding carboxylic acids is 1. The lowest BCUT2D eigenvalue weighted by atomic mass is 10.2. The van der Waals surface area contributed by atoms with E-state index in [-0.39, 0.29) is 24.0 Å². The minimum absolute atomic E-state index is 0.234. The molecule has 0 unspecified atom stereocenters. The molecular formula is C14H13FN2O2. The molecule has 3 rings (SSSR count). The van der Waals surface area contributed by atoms with Gasteiger partial charge in [-0.05, 0) is 36.2 Å². The number of hydrogen-bond donors (Lipinski definition) is 1. The van der Waals surface area contributed by atoms with Gasteiger partial charge in [0.2, 0.25) is 0 Å². The Hall–Kier alpha value is -2.14. The first-order valence-electron chi connectivity index (χ1n) is 6.08. The molecular weight excluding hydrogens is 247 g/mol. The van der Waals surface area contributed by atoms with Crippen LogP contribution in [-0.4, -0.2) is 12.5 Å². The summed E-state index contributed by atoms with van der Waals surface area (Å²) >= 11 is 0. The van der Waals surface area contributed by atoms with Crippen molar-refractivity contribution in [3.63, 3.8) is 0 Å². The molecule has 19 heavy (non-hydrogen) atoms. The van der Waals surface area contributed by atoms with E-state index >= 15 is 0 Å². The molecule has 5 heteroatoms. The van der Waals surface area contributed by atoms with Crippen LogP contribution in [0.4, 0.5) is 10.1 Å². The number of nitrogens with zero attached hydrogens (tertiary/aromatic N) is 1. The van der Waals surface area contributed by atoms with Gasteiger partial charge in [0.05, 0.1) is 12.2 Å². The molecule has 2 heterocycles. The fourth-order valence-electron chi connectivity index (χ4n) is 2.30. The Labute approximate surface area is 109 Å². The monoisotopic (exact) mass is 260 g/mol. The van der Waals surface area contributed by atoms with E-state index in [1.165, 1.54) is 17.0 Å². The number of furan rings is 1. The Morgan fingerprint density at radius 1 is 1.37 bits per heavy atom. The van der Waals surface area contributed by atoms with Crippen molar-refractivity contribution in [2.75, 3.05) is 11.4 Å². The van der Waals surface area contributed by atoms with E-state index in [4.69, 9.17) is 10.2 Å². The highest BCUT2D eigenvalue weighted by Crippen LogP contribution is 2.30. The molecule has 0 radical (unpaired) electrons. The van der Waals surface area contributed by atoms with Crippen LogP contribution in [0, 0.1) is 5.82 Å². The van der Waals surface area contributed by atoms with Crippen LogP contribution < -0.4 is 10.6 Å². The quantitative estimate of drug-likeness (QED) is 0.899. The average Bonchev–Trinajstić information content (AvgIpc) is 3.04. The van der Waals surface area contributed by atoms with E-state index in [0.29, 0.717) is 18.0 Å². The maximum atomic E-state index is 13.3. The van der Waals surface area contributed by atoms with Gasteiger partial charge in [0, 0.05) is 6.54 Å². The number of nitrogens with two attached hydrogens (primary N) is 1. The fraction of sp³-hybridized carbons (Fsp3) is 0.214. The second kappa shape index (κ2) is 4.51. The Balaban J connectivity index is 1.92. The Bertz CT molecular complexity index is 636. The van der Waals surface area contributed by atoms with E-state index in [1.54, 1.807) is 18.2 Å². The van der Waals surface area contributed by atoms with Gasteiger partial charge >= 0.3 is 0 Å². The van der Waals surface area contributed by atoms with Crippen molar-refractivity contribution in [2.45, 2.75) is 13.0 Å². The lowest BCUT2D eigenvalue weighted by Gasteiger charge is -2.15. The molecule has 0 spiro atoms. The number of hydrogen-bond acceptors (Lipinski definition) is 3. The van der Waals surface area contributed by atoms with Gasteiger partial charge < -0.3 is 15.1 Å². The first-order chi connectivity index (χ1) is 9.19. The topological polar surface area (TPSA) is 59.5 Å². The first kappa shape index (κ1) is 11.9. The molecule has 0 bridgehead atoms. The first-order valence-corrected chi connectivity index (χ1v) is 6.08. The zero-order chi connectivity index (χ0) is 13.4. The van der Waals surface area contributed by atoms with Crippen LogP contribution in [0.3, 0.4) is 0 Å². The molecule has 2 N–H and O–H groups in total. The Morgan fingerprint density at radius 3 is 2.95 bits per heavy atom. The highest BCUT2D eigenvalue weighted by Gasteiger charge is 2.27. The molecule has 1 aromatic carbocycles.